The SMILES string of the molecule is CNC(Cc1cc(F)cc(Br)c1)c1ccncn1. The summed E-state index contributed by atoms with van der Waals surface area (Å²) in [5.74, 6) is -0.239. The van der Waals surface area contributed by atoms with Crippen molar-refractivity contribution in [2.24, 2.45) is 0 Å². The molecule has 0 saturated heterocycles. The molecule has 0 bridgehead atoms. The molecule has 1 atom stereocenters. The van der Waals surface area contributed by atoms with E-state index in [0.717, 1.165) is 15.7 Å². The van der Waals surface area contributed by atoms with Crippen molar-refractivity contribution in [2.75, 3.05) is 7.05 Å². The van der Waals surface area contributed by atoms with Gasteiger partial charge >= 0.3 is 0 Å². The zero-order chi connectivity index (χ0) is 13.0. The fourth-order valence-corrected chi connectivity index (χ4v) is 2.34. The second kappa shape index (κ2) is 6.02. The standard InChI is InChI=1S/C13H13BrFN3/c1-16-13(12-2-3-17-8-18-12)6-9-4-10(14)7-11(15)5-9/h2-5,7-8,13,16H,6H2,1H3. The van der Waals surface area contributed by atoms with Gasteiger partial charge in [-0.3, -0.25) is 0 Å². The number of benzene rings is 1. The number of likely N-dealkylation sites (N-methyl/N-ethyl adjacent to an activating group) is 1. The van der Waals surface area contributed by atoms with E-state index < -0.39 is 0 Å². The largest absolute Gasteiger partial charge is 0.311 e. The Balaban J connectivity index is 2.20. The Labute approximate surface area is 114 Å². The highest BCUT2D eigenvalue weighted by Crippen LogP contribution is 2.20. The summed E-state index contributed by atoms with van der Waals surface area (Å²) >= 11 is 3.30. The fourth-order valence-electron chi connectivity index (χ4n) is 1.83. The first-order valence-electron chi connectivity index (χ1n) is 5.57. The fraction of sp³-hybridized carbons (Fsp3) is 0.231. The summed E-state index contributed by atoms with van der Waals surface area (Å²) in [6, 6.07) is 6.80. The van der Waals surface area contributed by atoms with Crippen LogP contribution in [0, 0.1) is 5.82 Å². The molecule has 0 fully saturated rings. The van der Waals surface area contributed by atoms with Crippen molar-refractivity contribution in [1.82, 2.24) is 15.3 Å². The summed E-state index contributed by atoms with van der Waals surface area (Å²) in [6.45, 7) is 0. The van der Waals surface area contributed by atoms with Crippen LogP contribution in [-0.4, -0.2) is 17.0 Å². The van der Waals surface area contributed by atoms with E-state index in [1.165, 1.54) is 18.5 Å². The van der Waals surface area contributed by atoms with E-state index in [1.54, 1.807) is 6.20 Å². The van der Waals surface area contributed by atoms with Crippen LogP contribution in [-0.2, 0) is 6.42 Å². The van der Waals surface area contributed by atoms with Crippen molar-refractivity contribution >= 4 is 15.9 Å². The number of halogens is 2. The van der Waals surface area contributed by atoms with Crippen molar-refractivity contribution in [1.29, 1.82) is 0 Å². The molecule has 1 N–H and O–H groups in total. The molecule has 1 heterocycles. The Morgan fingerprint density at radius 1 is 1.39 bits per heavy atom. The lowest BCUT2D eigenvalue weighted by atomic mass is 10.0. The quantitative estimate of drug-likeness (QED) is 0.943. The van der Waals surface area contributed by atoms with Crippen LogP contribution in [0.25, 0.3) is 0 Å². The number of hydrogen-bond acceptors (Lipinski definition) is 3. The van der Waals surface area contributed by atoms with E-state index in [9.17, 15) is 4.39 Å². The number of nitrogens with one attached hydrogen (secondary N) is 1. The minimum absolute atomic E-state index is 0.0432. The molecule has 3 nitrogen and oxygen atoms in total. The third-order valence-corrected chi connectivity index (χ3v) is 3.13. The second-order valence-electron chi connectivity index (χ2n) is 3.96. The van der Waals surface area contributed by atoms with E-state index in [-0.39, 0.29) is 11.9 Å². The maximum Gasteiger partial charge on any atom is 0.124 e. The van der Waals surface area contributed by atoms with Gasteiger partial charge in [-0.05, 0) is 43.3 Å². The molecular weight excluding hydrogens is 297 g/mol. The molecule has 0 radical (unpaired) electrons. The van der Waals surface area contributed by atoms with Crippen LogP contribution >= 0.6 is 15.9 Å². The summed E-state index contributed by atoms with van der Waals surface area (Å²) < 4.78 is 14.1. The molecule has 1 aromatic heterocycles. The minimum Gasteiger partial charge on any atom is -0.311 e. The molecule has 0 aliphatic rings. The van der Waals surface area contributed by atoms with Gasteiger partial charge in [-0.2, -0.15) is 0 Å². The molecule has 1 aromatic carbocycles. The number of nitrogens with zero attached hydrogens (tertiary/aromatic N) is 2. The average Bonchev–Trinajstić information content (AvgIpc) is 2.36. The molecular formula is C13H13BrFN3. The zero-order valence-corrected chi connectivity index (χ0v) is 11.5. The van der Waals surface area contributed by atoms with Crippen LogP contribution in [0.5, 0.6) is 0 Å². The van der Waals surface area contributed by atoms with Crippen molar-refractivity contribution in [3.05, 3.63) is 58.3 Å². The summed E-state index contributed by atoms with van der Waals surface area (Å²) in [4.78, 5) is 8.10. The lowest BCUT2D eigenvalue weighted by Gasteiger charge is -2.15. The van der Waals surface area contributed by atoms with Crippen molar-refractivity contribution in [3.63, 3.8) is 0 Å². The van der Waals surface area contributed by atoms with Crippen molar-refractivity contribution in [3.8, 4) is 0 Å². The Kier molecular flexibility index (Phi) is 4.38. The van der Waals surface area contributed by atoms with E-state index in [1.807, 2.05) is 19.2 Å². The molecule has 5 heteroatoms. The Hall–Kier alpha value is -1.33. The summed E-state index contributed by atoms with van der Waals surface area (Å²) in [7, 11) is 1.86. The van der Waals surface area contributed by atoms with Gasteiger partial charge in [0.25, 0.3) is 0 Å². The minimum atomic E-state index is -0.239. The van der Waals surface area contributed by atoms with Crippen LogP contribution < -0.4 is 5.32 Å². The first kappa shape index (κ1) is 13.1. The molecule has 0 aliphatic carbocycles. The van der Waals surface area contributed by atoms with Crippen LogP contribution in [0.1, 0.15) is 17.3 Å². The summed E-state index contributed by atoms with van der Waals surface area (Å²) in [5.41, 5.74) is 1.81. The number of hydrogen-bond donors (Lipinski definition) is 1. The molecule has 18 heavy (non-hydrogen) atoms. The smallest absolute Gasteiger partial charge is 0.124 e. The third kappa shape index (κ3) is 3.34. The van der Waals surface area contributed by atoms with E-state index in [0.29, 0.717) is 6.42 Å². The van der Waals surface area contributed by atoms with Gasteiger partial charge in [0.2, 0.25) is 0 Å². The summed E-state index contributed by atoms with van der Waals surface area (Å²) in [5, 5.41) is 3.18. The van der Waals surface area contributed by atoms with Crippen LogP contribution in [0.3, 0.4) is 0 Å². The highest BCUT2D eigenvalue weighted by Gasteiger charge is 2.12. The maximum absolute atomic E-state index is 13.3. The second-order valence-corrected chi connectivity index (χ2v) is 4.87. The van der Waals surface area contributed by atoms with E-state index in [4.69, 9.17) is 0 Å². The van der Waals surface area contributed by atoms with Gasteiger partial charge in [-0.25, -0.2) is 14.4 Å². The normalized spacial score (nSPS) is 12.4. The molecule has 0 amide bonds. The summed E-state index contributed by atoms with van der Waals surface area (Å²) in [6.07, 6.45) is 3.89. The highest BCUT2D eigenvalue weighted by atomic mass is 79.9. The molecule has 0 aliphatic heterocycles. The van der Waals surface area contributed by atoms with Crippen LogP contribution in [0.2, 0.25) is 0 Å². The van der Waals surface area contributed by atoms with Gasteiger partial charge < -0.3 is 5.32 Å². The molecule has 0 spiro atoms. The third-order valence-electron chi connectivity index (χ3n) is 2.67. The van der Waals surface area contributed by atoms with Gasteiger partial charge in [0.1, 0.15) is 12.1 Å². The predicted octanol–water partition coefficient (Wildman–Crippen LogP) is 2.88. The first-order chi connectivity index (χ1) is 8.69. The van der Waals surface area contributed by atoms with Gasteiger partial charge in [-0.1, -0.05) is 15.9 Å². The van der Waals surface area contributed by atoms with Gasteiger partial charge in [0.15, 0.2) is 0 Å². The average molecular weight is 310 g/mol. The van der Waals surface area contributed by atoms with Gasteiger partial charge in [0.05, 0.1) is 11.7 Å². The molecule has 2 rings (SSSR count). The van der Waals surface area contributed by atoms with E-state index in [2.05, 4.69) is 31.2 Å². The predicted molar refractivity (Wildman–Crippen MR) is 71.6 cm³/mol. The first-order valence-corrected chi connectivity index (χ1v) is 6.36. The molecule has 1 unspecified atom stereocenters. The number of aromatic nitrogens is 2. The van der Waals surface area contributed by atoms with E-state index >= 15 is 0 Å². The monoisotopic (exact) mass is 309 g/mol. The Bertz CT molecular complexity index is 499. The molecule has 94 valence electrons. The number of rotatable bonds is 4. The topological polar surface area (TPSA) is 37.8 Å². The van der Waals surface area contributed by atoms with Gasteiger partial charge in [0, 0.05) is 10.7 Å². The zero-order valence-electron chi connectivity index (χ0n) is 9.90. The van der Waals surface area contributed by atoms with Crippen LogP contribution in [0.15, 0.2) is 41.3 Å². The lowest BCUT2D eigenvalue weighted by Crippen LogP contribution is -2.20. The van der Waals surface area contributed by atoms with Crippen LogP contribution in [0.4, 0.5) is 4.39 Å². The van der Waals surface area contributed by atoms with Crippen molar-refractivity contribution in [2.45, 2.75) is 12.5 Å². The molecule has 0 saturated carbocycles. The maximum atomic E-state index is 13.3. The highest BCUT2D eigenvalue weighted by molar-refractivity contribution is 9.10. The Morgan fingerprint density at radius 3 is 2.83 bits per heavy atom. The van der Waals surface area contributed by atoms with Crippen molar-refractivity contribution < 1.29 is 4.39 Å². The van der Waals surface area contributed by atoms with Gasteiger partial charge in [-0.15, -0.1) is 0 Å². The lowest BCUT2D eigenvalue weighted by molar-refractivity contribution is 0.568. The Morgan fingerprint density at radius 2 is 2.22 bits per heavy atom. The molecule has 2 aromatic rings.